The predicted molar refractivity (Wildman–Crippen MR) is 83.5 cm³/mol. The number of hydrogen-bond acceptors (Lipinski definition) is 7. The normalized spacial score (nSPS) is 20.9. The Morgan fingerprint density at radius 3 is 2.70 bits per heavy atom. The van der Waals surface area contributed by atoms with Crippen LogP contribution in [0.3, 0.4) is 0 Å². The summed E-state index contributed by atoms with van der Waals surface area (Å²) in [6, 6.07) is 7.76. The van der Waals surface area contributed by atoms with Crippen LogP contribution in [0.25, 0.3) is 0 Å². The van der Waals surface area contributed by atoms with E-state index < -0.39 is 0 Å². The Bertz CT molecular complexity index is 630. The molecule has 0 aliphatic carbocycles. The van der Waals surface area contributed by atoms with E-state index in [2.05, 4.69) is 15.5 Å². The van der Waals surface area contributed by atoms with Gasteiger partial charge in [-0.25, -0.2) is 4.68 Å². The molecule has 2 atom stereocenters. The molecule has 3 rings (SSSR count). The molecule has 0 bridgehead atoms. The molecule has 1 aliphatic rings. The molecule has 1 aromatic carbocycles. The van der Waals surface area contributed by atoms with Gasteiger partial charge >= 0.3 is 0 Å². The minimum atomic E-state index is -0.0273. The summed E-state index contributed by atoms with van der Waals surface area (Å²) < 4.78 is 12.3. The van der Waals surface area contributed by atoms with E-state index >= 15 is 0 Å². The summed E-state index contributed by atoms with van der Waals surface area (Å²) in [5.41, 5.74) is 1.07. The van der Waals surface area contributed by atoms with Crippen LogP contribution in [0.1, 0.15) is 12.0 Å². The highest BCUT2D eigenvalue weighted by Crippen LogP contribution is 2.25. The van der Waals surface area contributed by atoms with Crippen LogP contribution in [-0.2, 0) is 11.3 Å². The van der Waals surface area contributed by atoms with E-state index in [1.165, 1.54) is 0 Å². The lowest BCUT2D eigenvalue weighted by Crippen LogP contribution is -2.35. The second-order valence-electron chi connectivity index (χ2n) is 5.57. The molecule has 1 fully saturated rings. The largest absolute Gasteiger partial charge is 0.497 e. The lowest BCUT2D eigenvalue weighted by atomic mass is 10.2. The molecule has 0 amide bonds. The number of aliphatic hydroxyl groups excluding tert-OH is 1. The van der Waals surface area contributed by atoms with Crippen molar-refractivity contribution in [3.05, 3.63) is 29.8 Å². The van der Waals surface area contributed by atoms with E-state index in [1.807, 2.05) is 29.2 Å². The van der Waals surface area contributed by atoms with Crippen molar-refractivity contribution in [2.24, 2.45) is 0 Å². The summed E-state index contributed by atoms with van der Waals surface area (Å²) in [7, 11) is 3.33. The molecule has 0 saturated carbocycles. The third-order valence-electron chi connectivity index (χ3n) is 4.18. The van der Waals surface area contributed by atoms with Crippen LogP contribution in [-0.4, -0.2) is 64.8 Å². The Morgan fingerprint density at radius 1 is 1.26 bits per heavy atom. The molecule has 1 aromatic heterocycles. The predicted octanol–water partition coefficient (Wildman–Crippen LogP) is 0.316. The Hall–Kier alpha value is -2.19. The van der Waals surface area contributed by atoms with Crippen LogP contribution < -0.4 is 9.64 Å². The fourth-order valence-corrected chi connectivity index (χ4v) is 2.87. The van der Waals surface area contributed by atoms with Crippen molar-refractivity contribution >= 4 is 5.95 Å². The van der Waals surface area contributed by atoms with E-state index in [0.29, 0.717) is 19.0 Å². The average molecular weight is 319 g/mol. The van der Waals surface area contributed by atoms with Crippen molar-refractivity contribution in [3.63, 3.8) is 0 Å². The molecule has 2 heterocycles. The van der Waals surface area contributed by atoms with Crippen molar-refractivity contribution in [3.8, 4) is 5.75 Å². The molecule has 1 saturated heterocycles. The van der Waals surface area contributed by atoms with Crippen molar-refractivity contribution in [2.75, 3.05) is 32.3 Å². The molecule has 1 N–H and O–H groups in total. The number of anilines is 1. The van der Waals surface area contributed by atoms with Crippen molar-refractivity contribution in [1.82, 2.24) is 20.2 Å². The average Bonchev–Trinajstić information content (AvgIpc) is 3.21. The maximum atomic E-state index is 9.60. The number of aliphatic hydroxyl groups is 1. The number of rotatable bonds is 6. The minimum Gasteiger partial charge on any atom is -0.497 e. The second-order valence-corrected chi connectivity index (χ2v) is 5.57. The van der Waals surface area contributed by atoms with Gasteiger partial charge in [0, 0.05) is 13.7 Å². The zero-order chi connectivity index (χ0) is 16.2. The standard InChI is InChI=1S/C15H21N5O3/c1-22-13-5-3-11(4-6-13)8-20-15(16-17-18-20)19-9-14(23-2)7-12(19)10-21/h3-6,12,14,21H,7-10H2,1-2H3/t12-,14+/m0/s1. The number of ether oxygens (including phenoxy) is 2. The Labute approximate surface area is 134 Å². The number of benzene rings is 1. The molecule has 1 aliphatic heterocycles. The van der Waals surface area contributed by atoms with E-state index in [1.54, 1.807) is 18.9 Å². The highest BCUT2D eigenvalue weighted by molar-refractivity contribution is 5.35. The first-order valence-electron chi connectivity index (χ1n) is 7.54. The molecule has 124 valence electrons. The summed E-state index contributed by atoms with van der Waals surface area (Å²) >= 11 is 0. The summed E-state index contributed by atoms with van der Waals surface area (Å²) in [6.07, 6.45) is 0.848. The van der Waals surface area contributed by atoms with Crippen LogP contribution in [0.4, 0.5) is 5.95 Å². The number of nitrogens with zero attached hydrogens (tertiary/aromatic N) is 5. The fourth-order valence-electron chi connectivity index (χ4n) is 2.87. The van der Waals surface area contributed by atoms with Gasteiger partial charge in [0.1, 0.15) is 5.75 Å². The lowest BCUT2D eigenvalue weighted by Gasteiger charge is -2.23. The van der Waals surface area contributed by atoms with Crippen LogP contribution in [0.5, 0.6) is 5.75 Å². The number of tetrazole rings is 1. The molecule has 0 unspecified atom stereocenters. The Balaban J connectivity index is 1.78. The van der Waals surface area contributed by atoms with Gasteiger partial charge in [-0.3, -0.25) is 0 Å². The maximum absolute atomic E-state index is 9.60. The number of aromatic nitrogens is 4. The van der Waals surface area contributed by atoms with Gasteiger partial charge in [0.2, 0.25) is 5.95 Å². The summed E-state index contributed by atoms with van der Waals surface area (Å²) in [6.45, 7) is 1.28. The lowest BCUT2D eigenvalue weighted by molar-refractivity contribution is 0.115. The molecule has 2 aromatic rings. The van der Waals surface area contributed by atoms with Gasteiger partial charge < -0.3 is 19.5 Å². The third-order valence-corrected chi connectivity index (χ3v) is 4.18. The van der Waals surface area contributed by atoms with Crippen molar-refractivity contribution < 1.29 is 14.6 Å². The first-order valence-corrected chi connectivity index (χ1v) is 7.54. The van der Waals surface area contributed by atoms with Crippen LogP contribution in [0.15, 0.2) is 24.3 Å². The first kappa shape index (κ1) is 15.7. The zero-order valence-electron chi connectivity index (χ0n) is 13.3. The third kappa shape index (κ3) is 3.27. The number of methoxy groups -OCH3 is 2. The quantitative estimate of drug-likeness (QED) is 0.820. The molecule has 0 spiro atoms. The molecule has 23 heavy (non-hydrogen) atoms. The fraction of sp³-hybridized carbons (Fsp3) is 0.533. The number of hydrogen-bond donors (Lipinski definition) is 1. The maximum Gasteiger partial charge on any atom is 0.246 e. The molecule has 0 radical (unpaired) electrons. The van der Waals surface area contributed by atoms with Gasteiger partial charge in [-0.05, 0) is 34.5 Å². The summed E-state index contributed by atoms with van der Waals surface area (Å²) in [4.78, 5) is 2.01. The molecular weight excluding hydrogens is 298 g/mol. The van der Waals surface area contributed by atoms with Crippen LogP contribution in [0.2, 0.25) is 0 Å². The van der Waals surface area contributed by atoms with Gasteiger partial charge in [-0.15, -0.1) is 0 Å². The smallest absolute Gasteiger partial charge is 0.246 e. The second kappa shape index (κ2) is 6.93. The van der Waals surface area contributed by atoms with Crippen molar-refractivity contribution in [1.29, 1.82) is 0 Å². The zero-order valence-corrected chi connectivity index (χ0v) is 13.3. The van der Waals surface area contributed by atoms with E-state index in [0.717, 1.165) is 17.7 Å². The summed E-state index contributed by atoms with van der Waals surface area (Å²) in [5.74, 6) is 1.47. The first-order chi connectivity index (χ1) is 11.2. The summed E-state index contributed by atoms with van der Waals surface area (Å²) in [5, 5.41) is 21.6. The van der Waals surface area contributed by atoms with E-state index in [-0.39, 0.29) is 18.8 Å². The van der Waals surface area contributed by atoms with Crippen LogP contribution >= 0.6 is 0 Å². The minimum absolute atomic E-state index is 0.0273. The van der Waals surface area contributed by atoms with Gasteiger partial charge in [0.15, 0.2) is 0 Å². The van der Waals surface area contributed by atoms with Gasteiger partial charge in [0.25, 0.3) is 0 Å². The Morgan fingerprint density at radius 2 is 2.04 bits per heavy atom. The van der Waals surface area contributed by atoms with Crippen molar-refractivity contribution in [2.45, 2.75) is 25.1 Å². The monoisotopic (exact) mass is 319 g/mol. The molecular formula is C15H21N5O3. The van der Waals surface area contributed by atoms with Gasteiger partial charge in [-0.1, -0.05) is 17.2 Å². The highest BCUT2D eigenvalue weighted by Gasteiger charge is 2.34. The molecule has 8 heteroatoms. The van der Waals surface area contributed by atoms with E-state index in [4.69, 9.17) is 9.47 Å². The molecule has 8 nitrogen and oxygen atoms in total. The SMILES string of the molecule is COc1ccc(Cn2nnnc2N2C[C@H](OC)C[C@H]2CO)cc1. The highest BCUT2D eigenvalue weighted by atomic mass is 16.5. The van der Waals surface area contributed by atoms with Crippen LogP contribution in [0, 0.1) is 0 Å². The topological polar surface area (TPSA) is 85.5 Å². The van der Waals surface area contributed by atoms with E-state index in [9.17, 15) is 5.11 Å². The Kier molecular flexibility index (Phi) is 4.73. The van der Waals surface area contributed by atoms with Gasteiger partial charge in [-0.2, -0.15) is 0 Å². The van der Waals surface area contributed by atoms with Gasteiger partial charge in [0.05, 0.1) is 32.4 Å².